The second-order valence-corrected chi connectivity index (χ2v) is 4.14. The molecule has 0 amide bonds. The zero-order valence-corrected chi connectivity index (χ0v) is 9.51. The Morgan fingerprint density at radius 2 is 2.44 bits per heavy atom. The first-order valence-electron chi connectivity index (χ1n) is 5.73. The quantitative estimate of drug-likeness (QED) is 0.619. The van der Waals surface area contributed by atoms with Crippen LogP contribution in [0.15, 0.2) is 15.8 Å². The molecule has 1 aromatic heterocycles. The fourth-order valence-corrected chi connectivity index (χ4v) is 1.71. The molecule has 2 heterocycles. The van der Waals surface area contributed by atoms with Crippen molar-refractivity contribution in [3.05, 3.63) is 32.6 Å². The highest BCUT2D eigenvalue weighted by Gasteiger charge is 2.47. The van der Waals surface area contributed by atoms with Crippen LogP contribution in [0.5, 0.6) is 0 Å². The van der Waals surface area contributed by atoms with E-state index in [-0.39, 0.29) is 5.56 Å². The van der Waals surface area contributed by atoms with E-state index in [0.717, 1.165) is 6.20 Å². The standard InChI is InChI=1S/C10H13FN2O5/c1-5-3-13(9(17)12-7(5)16)8-6(15)2-10(11,4-14)18-8/h3,6,8,14-15H,2,4H2,1H3,(H,12,16,17)/t6-,8-,10+/m1/s1/i8D. The maximum Gasteiger partial charge on any atom is 0.330 e. The Kier molecular flexibility index (Phi) is 2.77. The van der Waals surface area contributed by atoms with Gasteiger partial charge in [0.25, 0.3) is 5.56 Å². The van der Waals surface area contributed by atoms with E-state index in [1.165, 1.54) is 6.92 Å². The highest BCUT2D eigenvalue weighted by atomic mass is 19.2. The summed E-state index contributed by atoms with van der Waals surface area (Å²) in [7, 11) is 0. The number of rotatable bonds is 2. The lowest BCUT2D eigenvalue weighted by atomic mass is 10.2. The molecule has 18 heavy (non-hydrogen) atoms. The summed E-state index contributed by atoms with van der Waals surface area (Å²) in [5.74, 6) is -2.61. The van der Waals surface area contributed by atoms with Crippen LogP contribution in [0.25, 0.3) is 0 Å². The van der Waals surface area contributed by atoms with E-state index in [1.807, 2.05) is 4.98 Å². The topological polar surface area (TPSA) is 105 Å². The number of ether oxygens (including phenoxy) is 1. The lowest BCUT2D eigenvalue weighted by Gasteiger charge is -2.19. The number of alkyl halides is 1. The first-order valence-corrected chi connectivity index (χ1v) is 5.23. The largest absolute Gasteiger partial charge is 0.390 e. The summed E-state index contributed by atoms with van der Waals surface area (Å²) in [4.78, 5) is 24.8. The smallest absolute Gasteiger partial charge is 0.330 e. The van der Waals surface area contributed by atoms with E-state index in [2.05, 4.69) is 0 Å². The third-order valence-electron chi connectivity index (χ3n) is 2.66. The molecule has 1 aliphatic heterocycles. The highest BCUT2D eigenvalue weighted by molar-refractivity contribution is 5.02. The minimum Gasteiger partial charge on any atom is -0.390 e. The van der Waals surface area contributed by atoms with Gasteiger partial charge in [-0.15, -0.1) is 0 Å². The van der Waals surface area contributed by atoms with Crippen LogP contribution in [0, 0.1) is 6.92 Å². The van der Waals surface area contributed by atoms with Crippen molar-refractivity contribution in [3.8, 4) is 0 Å². The van der Waals surface area contributed by atoms with Crippen LogP contribution in [0.3, 0.4) is 0 Å². The molecule has 0 saturated carbocycles. The summed E-state index contributed by atoms with van der Waals surface area (Å²) < 4.78 is 27.0. The highest BCUT2D eigenvalue weighted by Crippen LogP contribution is 2.36. The lowest BCUT2D eigenvalue weighted by Crippen LogP contribution is -2.36. The molecule has 0 radical (unpaired) electrons. The number of H-pyrrole nitrogens is 1. The molecule has 7 nitrogen and oxygen atoms in total. The van der Waals surface area contributed by atoms with Gasteiger partial charge in [-0.2, -0.15) is 0 Å². The zero-order chi connectivity index (χ0) is 14.4. The number of halogens is 1. The maximum absolute atomic E-state index is 13.8. The molecule has 2 rings (SSSR count). The molecular formula is C10H13FN2O5. The number of aliphatic hydroxyl groups excluding tert-OH is 2. The van der Waals surface area contributed by atoms with Gasteiger partial charge in [-0.05, 0) is 6.92 Å². The fraction of sp³-hybridized carbons (Fsp3) is 0.600. The predicted molar refractivity (Wildman–Crippen MR) is 57.7 cm³/mol. The summed E-state index contributed by atoms with van der Waals surface area (Å²) in [6, 6.07) is 0. The molecule has 0 aromatic carbocycles. The summed E-state index contributed by atoms with van der Waals surface area (Å²) in [5, 5.41) is 18.6. The van der Waals surface area contributed by atoms with Gasteiger partial charge in [0, 0.05) is 18.2 Å². The average Bonchev–Trinajstić information content (AvgIpc) is 2.56. The number of aromatic nitrogens is 2. The van der Waals surface area contributed by atoms with E-state index < -0.39 is 42.4 Å². The molecule has 3 N–H and O–H groups in total. The molecule has 0 bridgehead atoms. The fourth-order valence-electron chi connectivity index (χ4n) is 1.71. The van der Waals surface area contributed by atoms with E-state index in [0.29, 0.717) is 4.57 Å². The number of hydrogen-bond donors (Lipinski definition) is 3. The zero-order valence-electron chi connectivity index (χ0n) is 10.5. The molecule has 0 unspecified atom stereocenters. The van der Waals surface area contributed by atoms with Gasteiger partial charge in [-0.25, -0.2) is 9.18 Å². The summed E-state index contributed by atoms with van der Waals surface area (Å²) in [6.45, 7) is 0.329. The summed E-state index contributed by atoms with van der Waals surface area (Å²) in [6.07, 6.45) is -3.77. The van der Waals surface area contributed by atoms with Gasteiger partial charge in [0.05, 0.1) is 1.37 Å². The van der Waals surface area contributed by atoms with Crippen molar-refractivity contribution in [2.75, 3.05) is 6.61 Å². The van der Waals surface area contributed by atoms with Crippen molar-refractivity contribution >= 4 is 0 Å². The Labute approximate surface area is 102 Å². The molecule has 1 fully saturated rings. The number of aliphatic hydroxyl groups is 2. The molecule has 8 heteroatoms. The Morgan fingerprint density at radius 1 is 1.78 bits per heavy atom. The van der Waals surface area contributed by atoms with Crippen LogP contribution in [0.4, 0.5) is 4.39 Å². The van der Waals surface area contributed by atoms with Crippen molar-refractivity contribution in [1.29, 1.82) is 0 Å². The van der Waals surface area contributed by atoms with Crippen LogP contribution in [-0.4, -0.2) is 38.3 Å². The Morgan fingerprint density at radius 3 is 3.00 bits per heavy atom. The summed E-state index contributed by atoms with van der Waals surface area (Å²) in [5.41, 5.74) is -1.56. The van der Waals surface area contributed by atoms with Crippen LogP contribution in [0.2, 0.25) is 0 Å². The van der Waals surface area contributed by atoms with Gasteiger partial charge in [-0.3, -0.25) is 14.3 Å². The van der Waals surface area contributed by atoms with E-state index in [1.54, 1.807) is 0 Å². The molecular weight excluding hydrogens is 247 g/mol. The molecule has 1 aromatic rings. The molecule has 1 saturated heterocycles. The van der Waals surface area contributed by atoms with E-state index >= 15 is 0 Å². The van der Waals surface area contributed by atoms with Crippen LogP contribution in [0.1, 0.15) is 19.6 Å². The van der Waals surface area contributed by atoms with Gasteiger partial charge >= 0.3 is 5.69 Å². The molecule has 0 aliphatic carbocycles. The van der Waals surface area contributed by atoms with Crippen molar-refractivity contribution < 1.29 is 20.7 Å². The van der Waals surface area contributed by atoms with Crippen molar-refractivity contribution in [2.45, 2.75) is 31.5 Å². The first kappa shape index (κ1) is 11.6. The third-order valence-corrected chi connectivity index (χ3v) is 2.66. The SMILES string of the molecule is [2H][C@@]1(n2cc(C)c(=O)[nH]c2=O)O[C@](F)(CO)C[C@H]1O. The number of nitrogens with one attached hydrogen (secondary N) is 1. The van der Waals surface area contributed by atoms with Gasteiger partial charge in [0.2, 0.25) is 5.85 Å². The predicted octanol–water partition coefficient (Wildman–Crippen LogP) is -1.22. The Hall–Kier alpha value is -1.51. The van der Waals surface area contributed by atoms with Gasteiger partial charge in [-0.1, -0.05) is 0 Å². The van der Waals surface area contributed by atoms with Gasteiger partial charge < -0.3 is 14.9 Å². The maximum atomic E-state index is 13.8. The van der Waals surface area contributed by atoms with Crippen LogP contribution >= 0.6 is 0 Å². The van der Waals surface area contributed by atoms with Crippen molar-refractivity contribution in [2.24, 2.45) is 0 Å². The summed E-state index contributed by atoms with van der Waals surface area (Å²) >= 11 is 0. The molecule has 100 valence electrons. The lowest BCUT2D eigenvalue weighted by molar-refractivity contribution is -0.180. The second kappa shape index (κ2) is 4.30. The van der Waals surface area contributed by atoms with E-state index in [4.69, 9.17) is 11.2 Å². The van der Waals surface area contributed by atoms with Crippen LogP contribution < -0.4 is 11.2 Å². The van der Waals surface area contributed by atoms with Crippen molar-refractivity contribution in [1.82, 2.24) is 9.55 Å². The number of hydrogen-bond acceptors (Lipinski definition) is 5. The average molecular weight is 261 g/mol. The minimum atomic E-state index is -2.61. The van der Waals surface area contributed by atoms with Crippen molar-refractivity contribution in [3.63, 3.8) is 0 Å². The normalized spacial score (nSPS) is 36.7. The number of aromatic amines is 1. The van der Waals surface area contributed by atoms with Gasteiger partial charge in [0.1, 0.15) is 12.7 Å². The third kappa shape index (κ3) is 2.09. The minimum absolute atomic E-state index is 0.0994. The first-order chi connectivity index (χ1) is 8.72. The van der Waals surface area contributed by atoms with E-state index in [9.17, 15) is 19.1 Å². The Bertz CT molecular complexity index is 617. The number of aryl methyl sites for hydroxylation is 1. The van der Waals surface area contributed by atoms with Crippen LogP contribution in [-0.2, 0) is 4.74 Å². The number of nitrogens with zero attached hydrogens (tertiary/aromatic N) is 1. The van der Waals surface area contributed by atoms with Gasteiger partial charge in [0.15, 0.2) is 6.20 Å². The Balaban J connectivity index is 2.55. The second-order valence-electron chi connectivity index (χ2n) is 4.14. The monoisotopic (exact) mass is 261 g/mol. The molecule has 1 aliphatic rings. The molecule has 3 atom stereocenters. The molecule has 0 spiro atoms.